The molecule has 0 aromatic heterocycles. The zero-order valence-corrected chi connectivity index (χ0v) is 18.1. The summed E-state index contributed by atoms with van der Waals surface area (Å²) in [5.41, 5.74) is 1.52. The van der Waals surface area contributed by atoms with Crippen molar-refractivity contribution in [2.45, 2.75) is 53.7 Å². The molecule has 158 valence electrons. The summed E-state index contributed by atoms with van der Waals surface area (Å²) in [6.07, 6.45) is 3.82. The maximum atomic E-state index is 12.6. The van der Waals surface area contributed by atoms with Crippen LogP contribution in [0.15, 0.2) is 52.3 Å². The van der Waals surface area contributed by atoms with Crippen LogP contribution in [-0.2, 0) is 14.8 Å². The SMILES string of the molecule is CC1Sc2ccc(C(=O)Nc3ccc(S(=O)(=O)NC4CCCC4)cc3)cc2NC1=O. The van der Waals surface area contributed by atoms with Crippen LogP contribution in [0.25, 0.3) is 0 Å². The number of hydrogen-bond acceptors (Lipinski definition) is 5. The van der Waals surface area contributed by atoms with Crippen LogP contribution >= 0.6 is 11.8 Å². The lowest BCUT2D eigenvalue weighted by atomic mass is 10.1. The molecule has 3 N–H and O–H groups in total. The van der Waals surface area contributed by atoms with Gasteiger partial charge in [-0.15, -0.1) is 11.8 Å². The molecule has 1 heterocycles. The fourth-order valence-electron chi connectivity index (χ4n) is 3.60. The van der Waals surface area contributed by atoms with E-state index < -0.39 is 10.0 Å². The molecule has 1 unspecified atom stereocenters. The first kappa shape index (κ1) is 20.9. The number of thioether (sulfide) groups is 1. The lowest BCUT2D eigenvalue weighted by Gasteiger charge is -2.21. The minimum absolute atomic E-state index is 0.0000279. The Bertz CT molecular complexity index is 1080. The summed E-state index contributed by atoms with van der Waals surface area (Å²) in [4.78, 5) is 25.6. The smallest absolute Gasteiger partial charge is 0.255 e. The average Bonchev–Trinajstić information content (AvgIpc) is 3.21. The molecule has 0 bridgehead atoms. The van der Waals surface area contributed by atoms with Gasteiger partial charge in [-0.25, -0.2) is 13.1 Å². The third-order valence-corrected chi connectivity index (χ3v) is 7.99. The van der Waals surface area contributed by atoms with Crippen LogP contribution in [-0.4, -0.2) is 31.5 Å². The maximum absolute atomic E-state index is 12.6. The highest BCUT2D eigenvalue weighted by atomic mass is 32.2. The molecular weight excluding hydrogens is 422 g/mol. The lowest BCUT2D eigenvalue weighted by Crippen LogP contribution is -2.32. The van der Waals surface area contributed by atoms with Gasteiger partial charge in [0, 0.05) is 22.2 Å². The van der Waals surface area contributed by atoms with E-state index in [4.69, 9.17) is 0 Å². The van der Waals surface area contributed by atoms with Gasteiger partial charge in [-0.3, -0.25) is 9.59 Å². The van der Waals surface area contributed by atoms with Gasteiger partial charge in [-0.1, -0.05) is 12.8 Å². The van der Waals surface area contributed by atoms with E-state index in [1.165, 1.54) is 23.9 Å². The largest absolute Gasteiger partial charge is 0.324 e. The molecule has 2 aromatic carbocycles. The summed E-state index contributed by atoms with van der Waals surface area (Å²) >= 11 is 1.45. The molecule has 1 saturated carbocycles. The standard InChI is InChI=1S/C21H23N3O4S2/c1-13-20(25)23-18-12-14(6-11-19(18)29-13)21(26)22-15-7-9-17(10-8-15)30(27,28)24-16-4-2-3-5-16/h6-13,16,24H,2-5H2,1H3,(H,22,26)(H,23,25). The number of rotatable bonds is 5. The number of hydrogen-bond donors (Lipinski definition) is 3. The first-order valence-corrected chi connectivity index (χ1v) is 12.2. The Morgan fingerprint density at radius 3 is 2.50 bits per heavy atom. The summed E-state index contributed by atoms with van der Waals surface area (Å²) in [6, 6.07) is 11.3. The first-order chi connectivity index (χ1) is 14.3. The Hall–Kier alpha value is -2.36. The zero-order valence-electron chi connectivity index (χ0n) is 16.5. The highest BCUT2D eigenvalue weighted by Crippen LogP contribution is 2.36. The third kappa shape index (κ3) is 4.53. The van der Waals surface area contributed by atoms with Gasteiger partial charge in [-0.05, 0) is 62.2 Å². The van der Waals surface area contributed by atoms with Gasteiger partial charge < -0.3 is 10.6 Å². The number of benzene rings is 2. The molecule has 1 aliphatic carbocycles. The molecule has 0 radical (unpaired) electrons. The molecule has 7 nitrogen and oxygen atoms in total. The number of amides is 2. The molecule has 1 atom stereocenters. The van der Waals surface area contributed by atoms with Crippen LogP contribution in [0.1, 0.15) is 43.0 Å². The Morgan fingerprint density at radius 2 is 1.80 bits per heavy atom. The third-order valence-electron chi connectivity index (χ3n) is 5.27. The van der Waals surface area contributed by atoms with Gasteiger partial charge in [0.05, 0.1) is 15.8 Å². The Labute approximate surface area is 180 Å². The molecule has 2 amide bonds. The van der Waals surface area contributed by atoms with Crippen molar-refractivity contribution in [3.8, 4) is 0 Å². The van der Waals surface area contributed by atoms with Crippen LogP contribution in [0.5, 0.6) is 0 Å². The van der Waals surface area contributed by atoms with E-state index in [-0.39, 0.29) is 28.0 Å². The van der Waals surface area contributed by atoms with Gasteiger partial charge >= 0.3 is 0 Å². The van der Waals surface area contributed by atoms with E-state index in [9.17, 15) is 18.0 Å². The van der Waals surface area contributed by atoms with Crippen molar-refractivity contribution in [1.82, 2.24) is 4.72 Å². The summed E-state index contributed by atoms with van der Waals surface area (Å²) in [7, 11) is -3.57. The molecule has 1 fully saturated rings. The molecular formula is C21H23N3O4S2. The maximum Gasteiger partial charge on any atom is 0.255 e. The topological polar surface area (TPSA) is 104 Å². The fourth-order valence-corrected chi connectivity index (χ4v) is 5.84. The van der Waals surface area contributed by atoms with Crippen molar-refractivity contribution in [3.05, 3.63) is 48.0 Å². The summed E-state index contributed by atoms with van der Waals surface area (Å²) in [5.74, 6) is -0.427. The van der Waals surface area contributed by atoms with Crippen LogP contribution in [0.3, 0.4) is 0 Å². The minimum Gasteiger partial charge on any atom is -0.324 e. The average molecular weight is 446 g/mol. The van der Waals surface area contributed by atoms with E-state index in [0.717, 1.165) is 30.6 Å². The highest BCUT2D eigenvalue weighted by Gasteiger charge is 2.24. The molecule has 2 aliphatic rings. The number of anilines is 2. The van der Waals surface area contributed by atoms with Crippen LogP contribution in [0.4, 0.5) is 11.4 Å². The van der Waals surface area contributed by atoms with Crippen molar-refractivity contribution < 1.29 is 18.0 Å². The second-order valence-corrected chi connectivity index (χ2v) is 10.6. The summed E-state index contributed by atoms with van der Waals surface area (Å²) < 4.78 is 27.7. The van der Waals surface area contributed by atoms with E-state index in [1.54, 1.807) is 24.3 Å². The van der Waals surface area contributed by atoms with E-state index in [2.05, 4.69) is 15.4 Å². The quantitative estimate of drug-likeness (QED) is 0.652. The molecule has 30 heavy (non-hydrogen) atoms. The highest BCUT2D eigenvalue weighted by molar-refractivity contribution is 8.01. The Morgan fingerprint density at radius 1 is 1.10 bits per heavy atom. The number of nitrogens with one attached hydrogen (secondary N) is 3. The second kappa shape index (κ2) is 8.41. The first-order valence-electron chi connectivity index (χ1n) is 9.87. The number of fused-ring (bicyclic) bond motifs is 1. The zero-order chi connectivity index (χ0) is 21.3. The van der Waals surface area contributed by atoms with E-state index in [1.807, 2.05) is 13.0 Å². The Balaban J connectivity index is 1.44. The van der Waals surface area contributed by atoms with Gasteiger partial charge in [0.2, 0.25) is 15.9 Å². The van der Waals surface area contributed by atoms with Crippen LogP contribution in [0.2, 0.25) is 0 Å². The number of carbonyl (C=O) groups is 2. The predicted octanol–water partition coefficient (Wildman–Crippen LogP) is 3.59. The van der Waals surface area contributed by atoms with Crippen molar-refractivity contribution in [2.75, 3.05) is 10.6 Å². The van der Waals surface area contributed by atoms with E-state index >= 15 is 0 Å². The summed E-state index contributed by atoms with van der Waals surface area (Å²) in [5, 5.41) is 5.40. The van der Waals surface area contributed by atoms with Crippen molar-refractivity contribution in [2.24, 2.45) is 0 Å². The predicted molar refractivity (Wildman–Crippen MR) is 117 cm³/mol. The monoisotopic (exact) mass is 445 g/mol. The molecule has 9 heteroatoms. The molecule has 4 rings (SSSR count). The molecule has 0 saturated heterocycles. The second-order valence-electron chi connectivity index (χ2n) is 7.54. The number of carbonyl (C=O) groups excluding carboxylic acids is 2. The minimum atomic E-state index is -3.57. The van der Waals surface area contributed by atoms with Crippen molar-refractivity contribution in [1.29, 1.82) is 0 Å². The Kier molecular flexibility index (Phi) is 5.86. The summed E-state index contributed by atoms with van der Waals surface area (Å²) in [6.45, 7) is 1.83. The van der Waals surface area contributed by atoms with Crippen LogP contribution < -0.4 is 15.4 Å². The lowest BCUT2D eigenvalue weighted by molar-refractivity contribution is -0.115. The number of sulfonamides is 1. The van der Waals surface area contributed by atoms with Crippen molar-refractivity contribution in [3.63, 3.8) is 0 Å². The molecule has 2 aromatic rings. The van der Waals surface area contributed by atoms with Gasteiger partial charge in [0.1, 0.15) is 0 Å². The van der Waals surface area contributed by atoms with Crippen LogP contribution in [0, 0.1) is 0 Å². The van der Waals surface area contributed by atoms with Gasteiger partial charge in [0.15, 0.2) is 0 Å². The molecule has 0 spiro atoms. The van der Waals surface area contributed by atoms with Gasteiger partial charge in [0.25, 0.3) is 5.91 Å². The van der Waals surface area contributed by atoms with Crippen molar-refractivity contribution >= 4 is 45.0 Å². The normalized spacial score (nSPS) is 19.2. The fraction of sp³-hybridized carbons (Fsp3) is 0.333. The van der Waals surface area contributed by atoms with E-state index in [0.29, 0.717) is 16.9 Å². The van der Waals surface area contributed by atoms with Gasteiger partial charge in [-0.2, -0.15) is 0 Å². The molecule has 1 aliphatic heterocycles.